The molecule has 1 aliphatic heterocycles. The van der Waals surface area contributed by atoms with Crippen LogP contribution in [0.2, 0.25) is 0 Å². The molecule has 0 saturated carbocycles. The number of carboxylic acid groups (broad SMARTS) is 1. The lowest BCUT2D eigenvalue weighted by atomic mass is 9.76. The summed E-state index contributed by atoms with van der Waals surface area (Å²) in [6, 6.07) is 10.8. The number of nitrogens with zero attached hydrogens (tertiary/aromatic N) is 1. The van der Waals surface area contributed by atoms with Gasteiger partial charge in [-0.15, -0.1) is 0 Å². The van der Waals surface area contributed by atoms with Gasteiger partial charge in [0.25, 0.3) is 0 Å². The highest BCUT2D eigenvalue weighted by molar-refractivity contribution is 5.88. The van der Waals surface area contributed by atoms with E-state index in [1.807, 2.05) is 6.20 Å². The molecule has 2 aromatic carbocycles. The van der Waals surface area contributed by atoms with Gasteiger partial charge in [-0.3, -0.25) is 4.90 Å². The lowest BCUT2D eigenvalue weighted by Gasteiger charge is -2.39. The molecule has 2 atom stereocenters. The van der Waals surface area contributed by atoms with Crippen molar-refractivity contribution in [3.05, 3.63) is 70.4 Å². The third kappa shape index (κ3) is 4.67. The van der Waals surface area contributed by atoms with Crippen LogP contribution in [-0.4, -0.2) is 46.8 Å². The third-order valence-corrected chi connectivity index (χ3v) is 6.67. The number of piperidine rings is 1. The van der Waals surface area contributed by atoms with Crippen LogP contribution in [0.15, 0.2) is 42.6 Å². The second-order valence-electron chi connectivity index (χ2n) is 8.89. The standard InChI is InChI=1S/C25H27F3N2O2/c1-15-11-16(2)23-20(7-9-29-23)21(15)12-19-8-10-30(14-25(26,27)28)13-22(19)17-3-5-18(6-4-17)24(31)32/h3-7,9,11,19,22,29H,8,10,12-14H2,1-2H3,(H,31,32)/t19-,22-/m1/s1. The first-order valence-corrected chi connectivity index (χ1v) is 10.8. The minimum absolute atomic E-state index is 0.108. The Kier molecular flexibility index (Phi) is 6.03. The Morgan fingerprint density at radius 1 is 1.16 bits per heavy atom. The zero-order valence-electron chi connectivity index (χ0n) is 18.2. The van der Waals surface area contributed by atoms with Gasteiger partial charge in [-0.25, -0.2) is 4.79 Å². The number of aromatic nitrogens is 1. The number of fused-ring (bicyclic) bond motifs is 1. The number of H-pyrrole nitrogens is 1. The van der Waals surface area contributed by atoms with Gasteiger partial charge in [-0.05, 0) is 85.5 Å². The lowest BCUT2D eigenvalue weighted by molar-refractivity contribution is -0.149. The monoisotopic (exact) mass is 444 g/mol. The molecular weight excluding hydrogens is 417 g/mol. The number of aromatic carboxylic acids is 1. The Hall–Kier alpha value is -2.80. The molecule has 2 heterocycles. The summed E-state index contributed by atoms with van der Waals surface area (Å²) in [6.45, 7) is 3.93. The van der Waals surface area contributed by atoms with Crippen LogP contribution in [-0.2, 0) is 6.42 Å². The largest absolute Gasteiger partial charge is 0.478 e. The molecule has 7 heteroatoms. The number of aryl methyl sites for hydroxylation is 2. The summed E-state index contributed by atoms with van der Waals surface area (Å²) in [5, 5.41) is 10.4. The first kappa shape index (κ1) is 22.4. The third-order valence-electron chi connectivity index (χ3n) is 6.67. The number of aromatic amines is 1. The summed E-state index contributed by atoms with van der Waals surface area (Å²) >= 11 is 0. The Morgan fingerprint density at radius 2 is 1.88 bits per heavy atom. The molecular formula is C25H27F3N2O2. The minimum atomic E-state index is -4.24. The fourth-order valence-corrected chi connectivity index (χ4v) is 5.14. The number of carboxylic acids is 1. The molecule has 0 bridgehead atoms. The second kappa shape index (κ2) is 8.62. The van der Waals surface area contributed by atoms with E-state index in [1.54, 1.807) is 24.3 Å². The maximum absolute atomic E-state index is 13.1. The van der Waals surface area contributed by atoms with Crippen LogP contribution >= 0.6 is 0 Å². The van der Waals surface area contributed by atoms with E-state index in [9.17, 15) is 23.1 Å². The number of hydrogen-bond acceptors (Lipinski definition) is 2. The predicted molar refractivity (Wildman–Crippen MR) is 118 cm³/mol. The van der Waals surface area contributed by atoms with Gasteiger partial charge in [0.15, 0.2) is 0 Å². The Labute approximate surface area is 185 Å². The number of benzene rings is 2. The smallest absolute Gasteiger partial charge is 0.401 e. The summed E-state index contributed by atoms with van der Waals surface area (Å²) in [5.74, 6) is -0.959. The van der Waals surface area contributed by atoms with Crippen LogP contribution in [0, 0.1) is 19.8 Å². The summed E-state index contributed by atoms with van der Waals surface area (Å²) in [7, 11) is 0. The molecule has 1 saturated heterocycles. The number of hydrogen-bond donors (Lipinski definition) is 2. The first-order valence-electron chi connectivity index (χ1n) is 10.8. The molecule has 3 aromatic rings. The lowest BCUT2D eigenvalue weighted by Crippen LogP contribution is -2.44. The summed E-state index contributed by atoms with van der Waals surface area (Å²) in [6.07, 6.45) is -0.892. The molecule has 4 nitrogen and oxygen atoms in total. The number of rotatable bonds is 5. The van der Waals surface area contributed by atoms with Crippen LogP contribution in [0.4, 0.5) is 13.2 Å². The van der Waals surface area contributed by atoms with Crippen molar-refractivity contribution >= 4 is 16.9 Å². The van der Waals surface area contributed by atoms with Gasteiger partial charge >= 0.3 is 12.1 Å². The van der Waals surface area contributed by atoms with Crippen molar-refractivity contribution in [1.29, 1.82) is 0 Å². The number of nitrogens with one attached hydrogen (secondary N) is 1. The Bertz CT molecular complexity index is 1120. The molecule has 0 amide bonds. The molecule has 0 spiro atoms. The molecule has 4 rings (SSSR count). The van der Waals surface area contributed by atoms with E-state index in [0.717, 1.165) is 17.5 Å². The second-order valence-corrected chi connectivity index (χ2v) is 8.89. The fourth-order valence-electron chi connectivity index (χ4n) is 5.14. The van der Waals surface area contributed by atoms with Gasteiger partial charge in [0.2, 0.25) is 0 Å². The summed E-state index contributed by atoms with van der Waals surface area (Å²) in [4.78, 5) is 16.0. The maximum atomic E-state index is 13.1. The van der Waals surface area contributed by atoms with Crippen LogP contribution < -0.4 is 0 Å². The zero-order valence-corrected chi connectivity index (χ0v) is 18.2. The van der Waals surface area contributed by atoms with Crippen molar-refractivity contribution < 1.29 is 23.1 Å². The maximum Gasteiger partial charge on any atom is 0.401 e. The van der Waals surface area contributed by atoms with Gasteiger partial charge in [0.1, 0.15) is 0 Å². The number of halogens is 3. The average molecular weight is 444 g/mol. The quantitative estimate of drug-likeness (QED) is 0.531. The summed E-state index contributed by atoms with van der Waals surface area (Å²) in [5.41, 5.74) is 5.76. The van der Waals surface area contributed by atoms with Crippen LogP contribution in [0.3, 0.4) is 0 Å². The zero-order chi connectivity index (χ0) is 23.0. The van der Waals surface area contributed by atoms with Crippen LogP contribution in [0.5, 0.6) is 0 Å². The highest BCUT2D eigenvalue weighted by Gasteiger charge is 2.37. The highest BCUT2D eigenvalue weighted by Crippen LogP contribution is 2.38. The van der Waals surface area contributed by atoms with Crippen LogP contribution in [0.1, 0.15) is 45.0 Å². The Balaban J connectivity index is 1.67. The molecule has 0 aliphatic carbocycles. The van der Waals surface area contributed by atoms with Crippen molar-refractivity contribution in [1.82, 2.24) is 9.88 Å². The van der Waals surface area contributed by atoms with E-state index in [4.69, 9.17) is 0 Å². The molecule has 2 N–H and O–H groups in total. The molecule has 170 valence electrons. The topological polar surface area (TPSA) is 56.3 Å². The molecule has 0 unspecified atom stereocenters. The van der Waals surface area contributed by atoms with E-state index < -0.39 is 18.7 Å². The SMILES string of the molecule is Cc1cc(C)c2[nH]ccc2c1C[C@H]1CCN(CC(F)(F)F)C[C@@H]1c1ccc(C(=O)O)cc1. The van der Waals surface area contributed by atoms with Crippen molar-refractivity contribution in [2.45, 2.75) is 38.8 Å². The van der Waals surface area contributed by atoms with Crippen LogP contribution in [0.25, 0.3) is 10.9 Å². The molecule has 32 heavy (non-hydrogen) atoms. The van der Waals surface area contributed by atoms with Gasteiger partial charge in [-0.1, -0.05) is 18.2 Å². The van der Waals surface area contributed by atoms with Crippen molar-refractivity contribution in [3.63, 3.8) is 0 Å². The molecule has 1 aliphatic rings. The molecule has 0 radical (unpaired) electrons. The first-order chi connectivity index (χ1) is 15.1. The van der Waals surface area contributed by atoms with E-state index in [2.05, 4.69) is 31.0 Å². The van der Waals surface area contributed by atoms with Crippen molar-refractivity contribution in [3.8, 4) is 0 Å². The Morgan fingerprint density at radius 3 is 2.53 bits per heavy atom. The number of likely N-dealkylation sites (tertiary alicyclic amines) is 1. The van der Waals surface area contributed by atoms with Gasteiger partial charge < -0.3 is 10.1 Å². The van der Waals surface area contributed by atoms with E-state index in [1.165, 1.54) is 27.0 Å². The van der Waals surface area contributed by atoms with Crippen molar-refractivity contribution in [2.24, 2.45) is 5.92 Å². The van der Waals surface area contributed by atoms with E-state index in [0.29, 0.717) is 19.5 Å². The van der Waals surface area contributed by atoms with E-state index in [-0.39, 0.29) is 17.4 Å². The minimum Gasteiger partial charge on any atom is -0.478 e. The fraction of sp³-hybridized carbons (Fsp3) is 0.400. The van der Waals surface area contributed by atoms with E-state index >= 15 is 0 Å². The average Bonchev–Trinajstić information content (AvgIpc) is 3.21. The number of carbonyl (C=O) groups is 1. The molecule has 1 fully saturated rings. The van der Waals surface area contributed by atoms with Crippen molar-refractivity contribution in [2.75, 3.05) is 19.6 Å². The predicted octanol–water partition coefficient (Wildman–Crippen LogP) is 5.69. The van der Waals surface area contributed by atoms with Gasteiger partial charge in [0, 0.05) is 23.6 Å². The highest BCUT2D eigenvalue weighted by atomic mass is 19.4. The van der Waals surface area contributed by atoms with Gasteiger partial charge in [-0.2, -0.15) is 13.2 Å². The number of alkyl halides is 3. The normalized spacial score (nSPS) is 20.0. The van der Waals surface area contributed by atoms with Gasteiger partial charge in [0.05, 0.1) is 12.1 Å². The summed E-state index contributed by atoms with van der Waals surface area (Å²) < 4.78 is 39.2. The molecule has 1 aromatic heterocycles.